The third-order valence-electron chi connectivity index (χ3n) is 15.5. The lowest BCUT2D eigenvalue weighted by atomic mass is 9.95. The minimum Gasteiger partial charge on any atom is -0.308 e. The number of benzene rings is 10. The van der Waals surface area contributed by atoms with Crippen molar-refractivity contribution >= 4 is 43.6 Å². The summed E-state index contributed by atoms with van der Waals surface area (Å²) in [6, 6.07) is 61.9. The van der Waals surface area contributed by atoms with Crippen molar-refractivity contribution in [2.45, 2.75) is 12.4 Å². The second-order valence-corrected chi connectivity index (χ2v) is 20.3. The fourth-order valence-corrected chi connectivity index (χ4v) is 11.4. The summed E-state index contributed by atoms with van der Waals surface area (Å²) in [5, 5.41) is 93.9. The van der Waals surface area contributed by atoms with E-state index < -0.39 is 29.0 Å². The van der Waals surface area contributed by atoms with Crippen molar-refractivity contribution in [3.63, 3.8) is 0 Å². The molecule has 88 heavy (non-hydrogen) atoms. The van der Waals surface area contributed by atoms with Crippen LogP contribution in [0.15, 0.2) is 176 Å². The average molecular weight is 1150 g/mol. The molecule has 0 saturated heterocycles. The van der Waals surface area contributed by atoms with E-state index in [-0.39, 0.29) is 73.1 Å². The van der Waals surface area contributed by atoms with Crippen LogP contribution in [0.25, 0.3) is 111 Å². The molecule has 0 radical (unpaired) electrons. The van der Waals surface area contributed by atoms with Gasteiger partial charge >= 0.3 is 12.4 Å². The largest absolute Gasteiger partial charge is 0.416 e. The van der Waals surface area contributed by atoms with E-state index in [1.54, 1.807) is 130 Å². The van der Waals surface area contributed by atoms with Gasteiger partial charge in [0.15, 0.2) is 0 Å². The van der Waals surface area contributed by atoms with E-state index >= 15 is 0 Å². The fourth-order valence-electron chi connectivity index (χ4n) is 11.4. The van der Waals surface area contributed by atoms with E-state index in [4.69, 9.17) is 0 Å². The Morgan fingerprint density at radius 2 is 0.534 bits per heavy atom. The van der Waals surface area contributed by atoms with Gasteiger partial charge in [-0.05, 0) is 183 Å². The number of halogens is 6. The molecular formula is C71H29F6N11. The van der Waals surface area contributed by atoms with Crippen LogP contribution in [0.2, 0.25) is 0 Å². The molecule has 17 heteroatoms. The third kappa shape index (κ3) is 9.30. The van der Waals surface area contributed by atoms with Gasteiger partial charge in [-0.2, -0.15) is 73.7 Å². The zero-order chi connectivity index (χ0) is 61.9. The number of nitrogens with zero attached hydrogens (tertiary/aromatic N) is 11. The number of fused-ring (bicyclic) bond motifs is 6. The number of rotatable bonds is 7. The van der Waals surface area contributed by atoms with E-state index in [1.807, 2.05) is 24.3 Å². The summed E-state index contributed by atoms with van der Waals surface area (Å²) in [7, 11) is 0. The van der Waals surface area contributed by atoms with Gasteiger partial charge in [-0.1, -0.05) is 48.5 Å². The molecule has 0 spiro atoms. The molecule has 0 atom stereocenters. The first-order valence-corrected chi connectivity index (χ1v) is 26.3. The summed E-state index contributed by atoms with van der Waals surface area (Å²) in [6.07, 6.45) is -10.5. The Bertz CT molecular complexity index is 4910. The molecule has 0 aliphatic heterocycles. The van der Waals surface area contributed by atoms with Gasteiger partial charge in [-0.15, -0.1) is 0 Å². The highest BCUT2D eigenvalue weighted by atomic mass is 19.4. The standard InChI is InChI=1S/C71H29F6N11/c72-70(73,74)53-21-47(22-54(29-53)71(75,76)77)48-27-68(87-64-13-5-43(55-9-1-39(30-78)17-49(55)34-82)23-59(64)60-24-44(6-14-65(60)87)56-10-2-40(31-79)18-50(56)35-83)63(38-86)69(28-48)88-66-15-7-45(57-11-3-41(32-80)19-51(57)36-84)25-61(66)62-26-46(8-16-67(62)88)58-12-4-42(33-81)20-52(58)37-85/h1-29H. The highest BCUT2D eigenvalue weighted by Crippen LogP contribution is 2.46. The summed E-state index contributed by atoms with van der Waals surface area (Å²) in [6.45, 7) is 0. The van der Waals surface area contributed by atoms with Gasteiger partial charge in [0.1, 0.15) is 11.6 Å². The van der Waals surface area contributed by atoms with E-state index in [1.165, 1.54) is 36.4 Å². The molecule has 0 aliphatic rings. The Hall–Kier alpha value is -13.2. The molecule has 0 fully saturated rings. The summed E-state index contributed by atoms with van der Waals surface area (Å²) in [4.78, 5) is 0. The summed E-state index contributed by atoms with van der Waals surface area (Å²) in [5.41, 5.74) is 2.75. The molecular weight excluding hydrogens is 1120 g/mol. The molecule has 0 amide bonds. The molecule has 0 aliphatic carbocycles. The van der Waals surface area contributed by atoms with Crippen molar-refractivity contribution < 1.29 is 26.3 Å². The third-order valence-corrected chi connectivity index (χ3v) is 15.5. The van der Waals surface area contributed by atoms with Crippen molar-refractivity contribution in [2.75, 3.05) is 0 Å². The number of hydrogen-bond donors (Lipinski definition) is 0. The monoisotopic (exact) mass is 1150 g/mol. The maximum absolute atomic E-state index is 14.9. The first kappa shape index (κ1) is 55.3. The lowest BCUT2D eigenvalue weighted by Gasteiger charge is -2.20. The molecule has 12 aromatic rings. The minimum atomic E-state index is -5.26. The summed E-state index contributed by atoms with van der Waals surface area (Å²) in [5.74, 6) is 0. The van der Waals surface area contributed by atoms with Crippen LogP contribution in [0.3, 0.4) is 0 Å². The van der Waals surface area contributed by atoms with Crippen LogP contribution in [-0.4, -0.2) is 9.13 Å². The molecule has 410 valence electrons. The van der Waals surface area contributed by atoms with E-state index in [9.17, 15) is 73.7 Å². The smallest absolute Gasteiger partial charge is 0.308 e. The summed E-state index contributed by atoms with van der Waals surface area (Å²) < 4.78 is 92.7. The SMILES string of the molecule is N#Cc1ccc(-c2ccc3c(c2)c2cc(-c4ccc(C#N)cc4C#N)ccc2n3-c2cc(-c3cc(C(F)(F)F)cc(C(F)(F)F)c3)cc(-n3c4ccc(-c5ccc(C#N)cc5C#N)cc4c4cc(-c5ccc(C#N)cc5C#N)ccc43)c2C#N)c(C#N)c1. The van der Waals surface area contributed by atoms with Crippen LogP contribution in [0.1, 0.15) is 61.2 Å². The van der Waals surface area contributed by atoms with Crippen molar-refractivity contribution in [1.82, 2.24) is 9.13 Å². The average Bonchev–Trinajstić information content (AvgIpc) is 1.57. The maximum Gasteiger partial charge on any atom is 0.416 e. The number of alkyl halides is 6. The molecule has 0 unspecified atom stereocenters. The fraction of sp³-hybridized carbons (Fsp3) is 0.0282. The van der Waals surface area contributed by atoms with Crippen molar-refractivity contribution in [1.29, 1.82) is 47.4 Å². The molecule has 10 aromatic carbocycles. The Kier molecular flexibility index (Phi) is 13.3. The zero-order valence-corrected chi connectivity index (χ0v) is 44.9. The van der Waals surface area contributed by atoms with E-state index in [0.717, 1.165) is 0 Å². The normalized spacial score (nSPS) is 11.2. The molecule has 0 saturated carbocycles. The van der Waals surface area contributed by atoms with Crippen LogP contribution in [0.4, 0.5) is 26.3 Å². The van der Waals surface area contributed by atoms with Crippen LogP contribution >= 0.6 is 0 Å². The van der Waals surface area contributed by atoms with Gasteiger partial charge in [0, 0.05) is 21.5 Å². The lowest BCUT2D eigenvalue weighted by Crippen LogP contribution is -2.11. The van der Waals surface area contributed by atoms with Crippen LogP contribution in [0, 0.1) is 102 Å². The Morgan fingerprint density at radius 1 is 0.261 bits per heavy atom. The van der Waals surface area contributed by atoms with Crippen molar-refractivity contribution in [2.24, 2.45) is 0 Å². The van der Waals surface area contributed by atoms with Crippen LogP contribution in [-0.2, 0) is 12.4 Å². The Labute approximate surface area is 495 Å². The van der Waals surface area contributed by atoms with E-state index in [0.29, 0.717) is 100 Å². The van der Waals surface area contributed by atoms with Gasteiger partial charge in [-0.3, -0.25) is 0 Å². The second-order valence-electron chi connectivity index (χ2n) is 20.3. The van der Waals surface area contributed by atoms with Crippen molar-refractivity contribution in [3.05, 3.63) is 237 Å². The molecule has 2 heterocycles. The molecule has 2 aromatic heterocycles. The van der Waals surface area contributed by atoms with Crippen molar-refractivity contribution in [3.8, 4) is 122 Å². The van der Waals surface area contributed by atoms with Gasteiger partial charge < -0.3 is 9.13 Å². The van der Waals surface area contributed by atoms with Crippen LogP contribution < -0.4 is 0 Å². The summed E-state index contributed by atoms with van der Waals surface area (Å²) >= 11 is 0. The predicted molar refractivity (Wildman–Crippen MR) is 315 cm³/mol. The highest BCUT2D eigenvalue weighted by Gasteiger charge is 2.37. The first-order valence-electron chi connectivity index (χ1n) is 26.3. The highest BCUT2D eigenvalue weighted by molar-refractivity contribution is 6.14. The van der Waals surface area contributed by atoms with Gasteiger partial charge in [0.25, 0.3) is 0 Å². The Balaban J connectivity index is 1.23. The molecule has 12 rings (SSSR count). The number of hydrogen-bond acceptors (Lipinski definition) is 9. The minimum absolute atomic E-state index is 0.00984. The van der Waals surface area contributed by atoms with Gasteiger partial charge in [0.05, 0.1) is 138 Å². The number of nitriles is 9. The molecule has 11 nitrogen and oxygen atoms in total. The topological polar surface area (TPSA) is 224 Å². The number of aromatic nitrogens is 2. The zero-order valence-electron chi connectivity index (χ0n) is 44.9. The first-order chi connectivity index (χ1) is 42.4. The van der Waals surface area contributed by atoms with E-state index in [2.05, 4.69) is 30.3 Å². The maximum atomic E-state index is 14.9. The predicted octanol–water partition coefficient (Wildman–Crippen LogP) is 17.1. The van der Waals surface area contributed by atoms with Gasteiger partial charge in [-0.25, -0.2) is 0 Å². The second kappa shape index (κ2) is 21.2. The van der Waals surface area contributed by atoms with Gasteiger partial charge in [0.2, 0.25) is 0 Å². The molecule has 0 bridgehead atoms. The van der Waals surface area contributed by atoms with Crippen LogP contribution in [0.5, 0.6) is 0 Å². The molecule has 0 N–H and O–H groups in total. The lowest BCUT2D eigenvalue weighted by molar-refractivity contribution is -0.143. The Morgan fingerprint density at radius 3 is 0.773 bits per heavy atom. The quantitative estimate of drug-likeness (QED) is 0.138.